The lowest BCUT2D eigenvalue weighted by Gasteiger charge is -2.13. The minimum atomic E-state index is -0.293. The fourth-order valence-electron chi connectivity index (χ4n) is 1.68. The van der Waals surface area contributed by atoms with Crippen LogP contribution in [0.1, 0.15) is 50.8 Å². The summed E-state index contributed by atoms with van der Waals surface area (Å²) in [5.41, 5.74) is 2.37. The molecule has 1 N–H and O–H groups in total. The Morgan fingerprint density at radius 1 is 1.20 bits per heavy atom. The number of benzene rings is 1. The van der Waals surface area contributed by atoms with Gasteiger partial charge in [-0.25, -0.2) is 0 Å². The van der Waals surface area contributed by atoms with E-state index in [0.717, 1.165) is 24.8 Å². The first-order valence-corrected chi connectivity index (χ1v) is 5.90. The molecule has 0 amide bonds. The van der Waals surface area contributed by atoms with Gasteiger partial charge in [-0.15, -0.1) is 0 Å². The molecule has 0 aliphatic rings. The second-order valence-corrected chi connectivity index (χ2v) is 4.59. The smallest absolute Gasteiger partial charge is 0.0790 e. The number of rotatable bonds is 5. The van der Waals surface area contributed by atoms with Crippen molar-refractivity contribution in [3.63, 3.8) is 0 Å². The quantitative estimate of drug-likeness (QED) is 0.778. The van der Waals surface area contributed by atoms with Crippen LogP contribution < -0.4 is 0 Å². The second kappa shape index (κ2) is 5.92. The van der Waals surface area contributed by atoms with E-state index < -0.39 is 0 Å². The number of hydrogen-bond donors (Lipinski definition) is 1. The van der Waals surface area contributed by atoms with Crippen LogP contribution in [0.5, 0.6) is 0 Å². The van der Waals surface area contributed by atoms with Gasteiger partial charge in [-0.3, -0.25) is 0 Å². The summed E-state index contributed by atoms with van der Waals surface area (Å²) in [6.07, 6.45) is 2.69. The van der Waals surface area contributed by atoms with Crippen LogP contribution >= 0.6 is 0 Å². The summed E-state index contributed by atoms with van der Waals surface area (Å²) in [7, 11) is 0. The predicted molar refractivity (Wildman–Crippen MR) is 64.9 cm³/mol. The topological polar surface area (TPSA) is 20.2 Å². The van der Waals surface area contributed by atoms with Gasteiger partial charge in [-0.05, 0) is 36.3 Å². The summed E-state index contributed by atoms with van der Waals surface area (Å²) >= 11 is 0. The molecule has 15 heavy (non-hydrogen) atoms. The van der Waals surface area contributed by atoms with Gasteiger partial charge in [0.15, 0.2) is 0 Å². The fraction of sp³-hybridized carbons (Fsp3) is 0.571. The van der Waals surface area contributed by atoms with E-state index in [0.29, 0.717) is 5.92 Å². The first-order chi connectivity index (χ1) is 7.13. The van der Waals surface area contributed by atoms with Crippen molar-refractivity contribution >= 4 is 0 Å². The summed E-state index contributed by atoms with van der Waals surface area (Å²) in [5, 5.41) is 9.99. The van der Waals surface area contributed by atoms with E-state index in [1.165, 1.54) is 5.56 Å². The van der Waals surface area contributed by atoms with Crippen LogP contribution in [0.2, 0.25) is 0 Å². The Bertz CT molecular complexity index is 291. The number of aliphatic hydroxyl groups excluding tert-OH is 1. The molecule has 0 aliphatic heterocycles. The molecular weight excluding hydrogens is 184 g/mol. The highest BCUT2D eigenvalue weighted by Crippen LogP contribution is 2.21. The summed E-state index contributed by atoms with van der Waals surface area (Å²) in [5.74, 6) is 0.661. The van der Waals surface area contributed by atoms with Crippen LogP contribution in [-0.4, -0.2) is 5.11 Å². The molecule has 0 radical (unpaired) electrons. The maximum Gasteiger partial charge on any atom is 0.0790 e. The molecule has 0 aromatic heterocycles. The van der Waals surface area contributed by atoms with Crippen molar-refractivity contribution in [2.75, 3.05) is 0 Å². The third-order valence-electron chi connectivity index (χ3n) is 2.76. The van der Waals surface area contributed by atoms with Crippen LogP contribution in [0, 0.1) is 5.92 Å². The lowest BCUT2D eigenvalue weighted by molar-refractivity contribution is 0.159. The standard InChI is InChI=1S/C14H22O/c1-4-12-6-5-7-13(10-12)14(15)9-8-11(2)3/h5-7,10-11,14-15H,4,8-9H2,1-3H3. The highest BCUT2D eigenvalue weighted by atomic mass is 16.3. The number of aliphatic hydroxyl groups is 1. The molecule has 0 saturated carbocycles. The minimum absolute atomic E-state index is 0.293. The van der Waals surface area contributed by atoms with E-state index in [1.807, 2.05) is 12.1 Å². The van der Waals surface area contributed by atoms with Crippen molar-refractivity contribution < 1.29 is 5.11 Å². The average Bonchev–Trinajstić information content (AvgIpc) is 2.26. The Kier molecular flexibility index (Phi) is 4.83. The van der Waals surface area contributed by atoms with Gasteiger partial charge in [0, 0.05) is 0 Å². The van der Waals surface area contributed by atoms with Gasteiger partial charge >= 0.3 is 0 Å². The third-order valence-corrected chi connectivity index (χ3v) is 2.76. The molecule has 1 heteroatoms. The normalized spacial score (nSPS) is 13.1. The molecule has 1 rings (SSSR count). The molecule has 1 atom stereocenters. The molecule has 1 aromatic rings. The SMILES string of the molecule is CCc1cccc(C(O)CCC(C)C)c1. The van der Waals surface area contributed by atoms with Crippen molar-refractivity contribution in [1.29, 1.82) is 0 Å². The van der Waals surface area contributed by atoms with Crippen LogP contribution in [0.25, 0.3) is 0 Å². The molecule has 1 unspecified atom stereocenters. The van der Waals surface area contributed by atoms with E-state index in [9.17, 15) is 5.11 Å². The Morgan fingerprint density at radius 3 is 2.53 bits per heavy atom. The molecule has 0 saturated heterocycles. The van der Waals surface area contributed by atoms with Gasteiger partial charge in [0.2, 0.25) is 0 Å². The van der Waals surface area contributed by atoms with Gasteiger partial charge in [0.1, 0.15) is 0 Å². The Balaban J connectivity index is 2.60. The van der Waals surface area contributed by atoms with Crippen molar-refractivity contribution in [3.8, 4) is 0 Å². The number of aryl methyl sites for hydroxylation is 1. The zero-order valence-corrected chi connectivity index (χ0v) is 10.0. The molecule has 0 heterocycles. The lowest BCUT2D eigenvalue weighted by Crippen LogP contribution is -2.00. The van der Waals surface area contributed by atoms with Crippen molar-refractivity contribution in [2.45, 2.75) is 46.1 Å². The summed E-state index contributed by atoms with van der Waals surface area (Å²) < 4.78 is 0. The van der Waals surface area contributed by atoms with Crippen LogP contribution in [0.15, 0.2) is 24.3 Å². The molecule has 0 bridgehead atoms. The van der Waals surface area contributed by atoms with Crippen LogP contribution in [0.3, 0.4) is 0 Å². The monoisotopic (exact) mass is 206 g/mol. The summed E-state index contributed by atoms with van der Waals surface area (Å²) in [6, 6.07) is 8.28. The van der Waals surface area contributed by atoms with E-state index in [1.54, 1.807) is 0 Å². The first-order valence-electron chi connectivity index (χ1n) is 5.90. The highest BCUT2D eigenvalue weighted by molar-refractivity contribution is 5.25. The van der Waals surface area contributed by atoms with Gasteiger partial charge in [-0.2, -0.15) is 0 Å². The van der Waals surface area contributed by atoms with Crippen LogP contribution in [0.4, 0.5) is 0 Å². The molecule has 0 aliphatic carbocycles. The average molecular weight is 206 g/mol. The predicted octanol–water partition coefficient (Wildman–Crippen LogP) is 3.72. The van der Waals surface area contributed by atoms with Crippen LogP contribution in [-0.2, 0) is 6.42 Å². The zero-order chi connectivity index (χ0) is 11.3. The maximum absolute atomic E-state index is 9.99. The highest BCUT2D eigenvalue weighted by Gasteiger charge is 2.08. The van der Waals surface area contributed by atoms with E-state index >= 15 is 0 Å². The van der Waals surface area contributed by atoms with Crippen molar-refractivity contribution in [3.05, 3.63) is 35.4 Å². The zero-order valence-electron chi connectivity index (χ0n) is 10.0. The largest absolute Gasteiger partial charge is 0.388 e. The van der Waals surface area contributed by atoms with Crippen molar-refractivity contribution in [1.82, 2.24) is 0 Å². The molecular formula is C14H22O. The molecule has 84 valence electrons. The van der Waals surface area contributed by atoms with Gasteiger partial charge in [-0.1, -0.05) is 45.0 Å². The van der Waals surface area contributed by atoms with E-state index in [2.05, 4.69) is 32.9 Å². The van der Waals surface area contributed by atoms with Crippen molar-refractivity contribution in [2.24, 2.45) is 5.92 Å². The fourth-order valence-corrected chi connectivity index (χ4v) is 1.68. The molecule has 0 fully saturated rings. The number of hydrogen-bond acceptors (Lipinski definition) is 1. The summed E-state index contributed by atoms with van der Waals surface area (Å²) in [6.45, 7) is 6.52. The van der Waals surface area contributed by atoms with E-state index in [-0.39, 0.29) is 6.10 Å². The van der Waals surface area contributed by atoms with Gasteiger partial charge in [0.25, 0.3) is 0 Å². The lowest BCUT2D eigenvalue weighted by atomic mass is 9.98. The molecule has 1 aromatic carbocycles. The van der Waals surface area contributed by atoms with Gasteiger partial charge < -0.3 is 5.11 Å². The minimum Gasteiger partial charge on any atom is -0.388 e. The molecule has 1 nitrogen and oxygen atoms in total. The first kappa shape index (κ1) is 12.3. The second-order valence-electron chi connectivity index (χ2n) is 4.59. The summed E-state index contributed by atoms with van der Waals surface area (Å²) in [4.78, 5) is 0. The van der Waals surface area contributed by atoms with Gasteiger partial charge in [0.05, 0.1) is 6.10 Å². The van der Waals surface area contributed by atoms with E-state index in [4.69, 9.17) is 0 Å². The Hall–Kier alpha value is -0.820. The maximum atomic E-state index is 9.99. The Labute approximate surface area is 93.1 Å². The Morgan fingerprint density at radius 2 is 1.93 bits per heavy atom. The molecule has 0 spiro atoms. The third kappa shape index (κ3) is 4.05.